The first-order chi connectivity index (χ1) is 18.3. The van der Waals surface area contributed by atoms with Crippen molar-refractivity contribution in [3.63, 3.8) is 0 Å². The van der Waals surface area contributed by atoms with Crippen molar-refractivity contribution in [1.82, 2.24) is 0 Å². The molecule has 0 aliphatic heterocycles. The molecule has 0 spiro atoms. The maximum Gasteiger partial charge on any atom is 0.328 e. The number of benzene rings is 2. The molecule has 0 unspecified atom stereocenters. The summed E-state index contributed by atoms with van der Waals surface area (Å²) in [5, 5.41) is 9.16. The molecule has 0 saturated carbocycles. The summed E-state index contributed by atoms with van der Waals surface area (Å²) in [7, 11) is -3.77. The summed E-state index contributed by atoms with van der Waals surface area (Å²) in [6.07, 6.45) is 6.43. The van der Waals surface area contributed by atoms with Crippen LogP contribution in [0.3, 0.4) is 0 Å². The van der Waals surface area contributed by atoms with Gasteiger partial charge >= 0.3 is 5.97 Å². The monoisotopic (exact) mass is 580 g/mol. The Labute approximate surface area is 245 Å². The minimum absolute atomic E-state index is 0.156. The van der Waals surface area contributed by atoms with E-state index in [4.69, 9.17) is 14.0 Å². The molecule has 2 rings (SSSR count). The molecule has 0 amide bonds. The van der Waals surface area contributed by atoms with Gasteiger partial charge in [-0.3, -0.25) is 0 Å². The summed E-state index contributed by atoms with van der Waals surface area (Å²) in [5.41, 5.74) is 7.16. The molecule has 2 aromatic rings. The Hall–Kier alpha value is -2.26. The lowest BCUT2D eigenvalue weighted by Crippen LogP contribution is -2.41. The average molecular weight is 581 g/mol. The molecular weight excluding hydrogens is 529 g/mol. The van der Waals surface area contributed by atoms with Gasteiger partial charge in [-0.25, -0.2) is 4.79 Å². The standard InChI is InChI=1S/C34H52O4Si2/c1-26(14-12-17-32(35)36)29-16-13-15-27(22-29)18-19-28-20-21-30(24-37-39(8,9)33(2,3)4)31(23-28)25-38-40(10,11)34(5,6)7/h12-17,20-23H,18-19,24-25H2,1-11H3,(H,35,36)/b17-12+,26-14+. The van der Waals surface area contributed by atoms with Crippen LogP contribution in [0.15, 0.2) is 60.7 Å². The van der Waals surface area contributed by atoms with Crippen molar-refractivity contribution in [2.75, 3.05) is 0 Å². The van der Waals surface area contributed by atoms with Crippen LogP contribution in [0.5, 0.6) is 0 Å². The van der Waals surface area contributed by atoms with Gasteiger partial charge in [0.15, 0.2) is 16.6 Å². The van der Waals surface area contributed by atoms with Crippen molar-refractivity contribution in [3.05, 3.63) is 88.5 Å². The highest BCUT2D eigenvalue weighted by atomic mass is 28.4. The van der Waals surface area contributed by atoms with Gasteiger partial charge < -0.3 is 14.0 Å². The van der Waals surface area contributed by atoms with Crippen molar-refractivity contribution in [1.29, 1.82) is 0 Å². The Morgan fingerprint density at radius 3 is 1.85 bits per heavy atom. The van der Waals surface area contributed by atoms with Gasteiger partial charge in [-0.2, -0.15) is 0 Å². The van der Waals surface area contributed by atoms with E-state index in [0.29, 0.717) is 13.2 Å². The van der Waals surface area contributed by atoms with Crippen molar-refractivity contribution in [2.45, 2.75) is 111 Å². The average Bonchev–Trinajstić information content (AvgIpc) is 2.84. The zero-order chi connectivity index (χ0) is 30.4. The normalized spacial score (nSPS) is 13.7. The van der Waals surface area contributed by atoms with Crippen LogP contribution in [-0.2, 0) is 39.7 Å². The summed E-state index contributed by atoms with van der Waals surface area (Å²) in [5.74, 6) is -0.940. The zero-order valence-corrected chi connectivity index (χ0v) is 28.8. The lowest BCUT2D eigenvalue weighted by molar-refractivity contribution is -0.131. The first-order valence-electron chi connectivity index (χ1n) is 14.4. The topological polar surface area (TPSA) is 55.8 Å². The zero-order valence-electron chi connectivity index (χ0n) is 26.8. The lowest BCUT2D eigenvalue weighted by Gasteiger charge is -2.37. The molecule has 220 valence electrons. The number of allylic oxidation sites excluding steroid dienone is 3. The molecule has 0 fully saturated rings. The smallest absolute Gasteiger partial charge is 0.328 e. The van der Waals surface area contributed by atoms with Crippen LogP contribution in [0, 0.1) is 0 Å². The Morgan fingerprint density at radius 2 is 1.32 bits per heavy atom. The van der Waals surface area contributed by atoms with Crippen LogP contribution in [-0.4, -0.2) is 27.7 Å². The number of rotatable bonds is 12. The van der Waals surface area contributed by atoms with Crippen molar-refractivity contribution >= 4 is 28.2 Å². The summed E-state index contributed by atoms with van der Waals surface area (Å²) in [6.45, 7) is 26.2. The first-order valence-corrected chi connectivity index (χ1v) is 20.2. The molecule has 1 N–H and O–H groups in total. The van der Waals surface area contributed by atoms with Crippen molar-refractivity contribution in [3.8, 4) is 0 Å². The molecule has 0 atom stereocenters. The third kappa shape index (κ3) is 9.98. The summed E-state index contributed by atoms with van der Waals surface area (Å²) in [4.78, 5) is 10.8. The maximum atomic E-state index is 10.8. The predicted molar refractivity (Wildman–Crippen MR) is 175 cm³/mol. The molecule has 4 nitrogen and oxygen atoms in total. The van der Waals surface area contributed by atoms with E-state index >= 15 is 0 Å². The Balaban J connectivity index is 2.26. The van der Waals surface area contributed by atoms with Gasteiger partial charge in [-0.1, -0.05) is 96.2 Å². The molecule has 0 radical (unpaired) electrons. The quantitative estimate of drug-likeness (QED) is 0.154. The van der Waals surface area contributed by atoms with E-state index in [2.05, 4.69) is 110 Å². The molecule has 0 bridgehead atoms. The van der Waals surface area contributed by atoms with Crippen LogP contribution < -0.4 is 0 Å². The third-order valence-electron chi connectivity index (χ3n) is 8.73. The van der Waals surface area contributed by atoms with E-state index in [1.165, 1.54) is 22.3 Å². The second-order valence-electron chi connectivity index (χ2n) is 13.9. The van der Waals surface area contributed by atoms with Gasteiger partial charge in [0.1, 0.15) is 0 Å². The van der Waals surface area contributed by atoms with E-state index in [1.54, 1.807) is 6.08 Å². The van der Waals surface area contributed by atoms with E-state index in [0.717, 1.165) is 30.1 Å². The van der Waals surface area contributed by atoms with E-state index in [-0.39, 0.29) is 10.1 Å². The van der Waals surface area contributed by atoms with E-state index < -0.39 is 22.6 Å². The molecule has 0 aliphatic carbocycles. The fraction of sp³-hybridized carbons (Fsp3) is 0.500. The second kappa shape index (κ2) is 13.6. The number of hydrogen-bond acceptors (Lipinski definition) is 3. The second-order valence-corrected chi connectivity index (χ2v) is 23.6. The van der Waals surface area contributed by atoms with Gasteiger partial charge in [0, 0.05) is 6.08 Å². The minimum atomic E-state index is -1.90. The molecule has 0 saturated heterocycles. The maximum absolute atomic E-state index is 10.8. The summed E-state index contributed by atoms with van der Waals surface area (Å²) in [6, 6.07) is 15.3. The Kier molecular flexibility index (Phi) is 11.5. The molecule has 0 aromatic heterocycles. The number of aliphatic carboxylic acids is 1. The van der Waals surface area contributed by atoms with Crippen LogP contribution in [0.2, 0.25) is 36.3 Å². The van der Waals surface area contributed by atoms with Crippen LogP contribution in [0.4, 0.5) is 0 Å². The van der Waals surface area contributed by atoms with E-state index in [1.807, 2.05) is 13.0 Å². The number of carboxylic acid groups (broad SMARTS) is 1. The van der Waals surface area contributed by atoms with Crippen LogP contribution in [0.25, 0.3) is 5.57 Å². The number of aryl methyl sites for hydroxylation is 2. The third-order valence-corrected chi connectivity index (χ3v) is 17.7. The molecule has 40 heavy (non-hydrogen) atoms. The number of carboxylic acids is 1. The predicted octanol–water partition coefficient (Wildman–Crippen LogP) is 9.56. The highest BCUT2D eigenvalue weighted by Gasteiger charge is 2.38. The molecule has 0 heterocycles. The summed E-state index contributed by atoms with van der Waals surface area (Å²) >= 11 is 0. The first kappa shape index (κ1) is 33.9. The molecular formula is C34H52O4Si2. The van der Waals surface area contributed by atoms with Crippen molar-refractivity contribution in [2.24, 2.45) is 0 Å². The highest BCUT2D eigenvalue weighted by molar-refractivity contribution is 6.74. The molecule has 2 aromatic carbocycles. The van der Waals surface area contributed by atoms with Gasteiger partial charge in [-0.15, -0.1) is 0 Å². The van der Waals surface area contributed by atoms with Crippen molar-refractivity contribution < 1.29 is 18.8 Å². The molecule has 0 aliphatic rings. The van der Waals surface area contributed by atoms with E-state index in [9.17, 15) is 4.79 Å². The van der Waals surface area contributed by atoms with Gasteiger partial charge in [-0.05, 0) is 89.4 Å². The molecule has 6 heteroatoms. The fourth-order valence-electron chi connectivity index (χ4n) is 3.69. The number of hydrogen-bond donors (Lipinski definition) is 1. The van der Waals surface area contributed by atoms with Gasteiger partial charge in [0.05, 0.1) is 13.2 Å². The van der Waals surface area contributed by atoms with Crippen LogP contribution in [0.1, 0.15) is 76.3 Å². The van der Waals surface area contributed by atoms with Crippen LogP contribution >= 0.6 is 0 Å². The Morgan fingerprint density at radius 1 is 0.800 bits per heavy atom. The highest BCUT2D eigenvalue weighted by Crippen LogP contribution is 2.39. The largest absolute Gasteiger partial charge is 0.478 e. The summed E-state index contributed by atoms with van der Waals surface area (Å²) < 4.78 is 13.3. The fourth-order valence-corrected chi connectivity index (χ4v) is 5.59. The van der Waals surface area contributed by atoms with Gasteiger partial charge in [0.25, 0.3) is 0 Å². The van der Waals surface area contributed by atoms with Gasteiger partial charge in [0.2, 0.25) is 0 Å². The number of carbonyl (C=O) groups is 1. The minimum Gasteiger partial charge on any atom is -0.478 e. The SMILES string of the molecule is C/C(=C\C=C\C(=O)O)c1cccc(CCc2ccc(CO[Si](C)(C)C(C)(C)C)c(CO[Si](C)(C)C(C)(C)C)c2)c1. The Bertz CT molecular complexity index is 1210. The lowest BCUT2D eigenvalue weighted by atomic mass is 9.97.